The lowest BCUT2D eigenvalue weighted by atomic mass is 10.0. The maximum Gasteiger partial charge on any atom is 0.332 e. The van der Waals surface area contributed by atoms with Gasteiger partial charge in [0.15, 0.2) is 0 Å². The fraction of sp³-hybridized carbons (Fsp3) is 0.414. The van der Waals surface area contributed by atoms with E-state index in [1.165, 1.54) is 0 Å². The van der Waals surface area contributed by atoms with Gasteiger partial charge in [-0.1, -0.05) is 18.2 Å². The molecule has 39 heavy (non-hydrogen) atoms. The van der Waals surface area contributed by atoms with Crippen LogP contribution in [0, 0.1) is 11.3 Å². The van der Waals surface area contributed by atoms with Gasteiger partial charge in [-0.15, -0.1) is 0 Å². The summed E-state index contributed by atoms with van der Waals surface area (Å²) < 4.78 is 10.5. The van der Waals surface area contributed by atoms with Crippen LogP contribution in [-0.4, -0.2) is 73.6 Å². The molecule has 0 bridgehead atoms. The average Bonchev–Trinajstić information content (AvgIpc) is 2.98. The van der Waals surface area contributed by atoms with Crippen molar-refractivity contribution in [2.75, 3.05) is 32.8 Å². The molecule has 0 saturated carbocycles. The molecule has 3 rings (SSSR count). The summed E-state index contributed by atoms with van der Waals surface area (Å²) in [6, 6.07) is 16.2. The van der Waals surface area contributed by atoms with Crippen LogP contribution in [0.5, 0.6) is 0 Å². The summed E-state index contributed by atoms with van der Waals surface area (Å²) in [6.07, 6.45) is 1.78. The number of carbonyl (C=O) groups excluding carboxylic acids is 4. The van der Waals surface area contributed by atoms with E-state index in [1.807, 2.05) is 12.1 Å². The van der Waals surface area contributed by atoms with Gasteiger partial charge in [0, 0.05) is 30.8 Å². The SMILES string of the molecule is CCOC(=O)COC1CCN(C(=O)C(CCCNC(=O)c2ccccc2)NC(=O)c2ccc(C#N)cc2)CC1. The lowest BCUT2D eigenvalue weighted by molar-refractivity contribution is -0.152. The monoisotopic (exact) mass is 534 g/mol. The van der Waals surface area contributed by atoms with Gasteiger partial charge in [-0.3, -0.25) is 14.4 Å². The number of hydrogen-bond donors (Lipinski definition) is 2. The molecular weight excluding hydrogens is 500 g/mol. The Kier molecular flexibility index (Phi) is 11.5. The topological polar surface area (TPSA) is 138 Å². The van der Waals surface area contributed by atoms with Crippen LogP contribution in [0.15, 0.2) is 54.6 Å². The molecule has 3 amide bonds. The molecule has 0 aliphatic carbocycles. The van der Waals surface area contributed by atoms with Gasteiger partial charge in [-0.05, 0) is 69.0 Å². The molecule has 0 radical (unpaired) electrons. The maximum atomic E-state index is 13.4. The summed E-state index contributed by atoms with van der Waals surface area (Å²) >= 11 is 0. The normalized spacial score (nSPS) is 14.1. The van der Waals surface area contributed by atoms with E-state index in [2.05, 4.69) is 10.6 Å². The maximum absolute atomic E-state index is 13.4. The highest BCUT2D eigenvalue weighted by Gasteiger charge is 2.30. The number of nitrogens with one attached hydrogen (secondary N) is 2. The second-order valence-electron chi connectivity index (χ2n) is 9.12. The van der Waals surface area contributed by atoms with Crippen molar-refractivity contribution in [3.8, 4) is 6.07 Å². The Bertz CT molecular complexity index is 1150. The number of nitriles is 1. The number of piperidine rings is 1. The van der Waals surface area contributed by atoms with Crippen molar-refractivity contribution in [1.29, 1.82) is 5.26 Å². The molecule has 10 heteroatoms. The molecule has 1 aliphatic rings. The van der Waals surface area contributed by atoms with E-state index < -0.39 is 17.9 Å². The van der Waals surface area contributed by atoms with Gasteiger partial charge in [0.05, 0.1) is 24.3 Å². The number of rotatable bonds is 12. The Balaban J connectivity index is 1.57. The molecule has 206 valence electrons. The van der Waals surface area contributed by atoms with Gasteiger partial charge in [0.1, 0.15) is 12.6 Å². The zero-order chi connectivity index (χ0) is 28.0. The predicted molar refractivity (Wildman–Crippen MR) is 143 cm³/mol. The first-order valence-corrected chi connectivity index (χ1v) is 13.1. The number of likely N-dealkylation sites (tertiary alicyclic amines) is 1. The minimum Gasteiger partial charge on any atom is -0.464 e. The Morgan fingerprint density at radius 2 is 1.67 bits per heavy atom. The van der Waals surface area contributed by atoms with Crippen molar-refractivity contribution >= 4 is 23.7 Å². The molecular formula is C29H34N4O6. The summed E-state index contributed by atoms with van der Waals surface area (Å²) in [5, 5.41) is 14.7. The third-order valence-electron chi connectivity index (χ3n) is 6.37. The van der Waals surface area contributed by atoms with Crippen LogP contribution in [0.1, 0.15) is 58.9 Å². The number of nitrogens with zero attached hydrogens (tertiary/aromatic N) is 2. The highest BCUT2D eigenvalue weighted by atomic mass is 16.6. The van der Waals surface area contributed by atoms with Crippen molar-refractivity contribution < 1.29 is 28.7 Å². The van der Waals surface area contributed by atoms with E-state index in [1.54, 1.807) is 60.4 Å². The largest absolute Gasteiger partial charge is 0.464 e. The predicted octanol–water partition coefficient (Wildman–Crippen LogP) is 2.44. The minimum absolute atomic E-state index is 0.121. The van der Waals surface area contributed by atoms with Crippen LogP contribution in [0.3, 0.4) is 0 Å². The first-order chi connectivity index (χ1) is 18.9. The zero-order valence-corrected chi connectivity index (χ0v) is 22.1. The van der Waals surface area contributed by atoms with Crippen LogP contribution in [0.2, 0.25) is 0 Å². The molecule has 10 nitrogen and oxygen atoms in total. The molecule has 1 atom stereocenters. The molecule has 2 aromatic rings. The Labute approximate surface area is 228 Å². The lowest BCUT2D eigenvalue weighted by Crippen LogP contribution is -2.51. The fourth-order valence-corrected chi connectivity index (χ4v) is 4.25. The van der Waals surface area contributed by atoms with Gasteiger partial charge < -0.3 is 25.0 Å². The van der Waals surface area contributed by atoms with E-state index >= 15 is 0 Å². The second-order valence-corrected chi connectivity index (χ2v) is 9.12. The molecule has 1 fully saturated rings. The number of ether oxygens (including phenoxy) is 2. The Hall–Kier alpha value is -4.23. The number of carbonyl (C=O) groups is 4. The summed E-state index contributed by atoms with van der Waals surface area (Å²) in [5.41, 5.74) is 1.32. The number of amides is 3. The third-order valence-corrected chi connectivity index (χ3v) is 6.37. The van der Waals surface area contributed by atoms with Crippen molar-refractivity contribution in [3.05, 3.63) is 71.3 Å². The van der Waals surface area contributed by atoms with Gasteiger partial charge in [-0.25, -0.2) is 4.79 Å². The van der Waals surface area contributed by atoms with Gasteiger partial charge >= 0.3 is 5.97 Å². The van der Waals surface area contributed by atoms with Gasteiger partial charge in [0.2, 0.25) is 5.91 Å². The first kappa shape index (κ1) is 29.3. The van der Waals surface area contributed by atoms with E-state index in [-0.39, 0.29) is 24.5 Å². The van der Waals surface area contributed by atoms with Crippen molar-refractivity contribution in [2.24, 2.45) is 0 Å². The Morgan fingerprint density at radius 3 is 2.31 bits per heavy atom. The fourth-order valence-electron chi connectivity index (χ4n) is 4.25. The summed E-state index contributed by atoms with van der Waals surface area (Å²) in [5.74, 6) is -1.25. The van der Waals surface area contributed by atoms with Crippen LogP contribution >= 0.6 is 0 Å². The lowest BCUT2D eigenvalue weighted by Gasteiger charge is -2.34. The smallest absolute Gasteiger partial charge is 0.332 e. The standard InChI is InChI=1S/C29H34N4O6/c1-2-38-26(34)20-39-24-14-17-33(18-15-24)29(37)25(32-28(36)23-12-10-21(19-30)11-13-23)9-6-16-31-27(35)22-7-4-3-5-8-22/h3-5,7-8,10-13,24-25H,2,6,9,14-18,20H2,1H3,(H,31,35)(H,32,36). The van der Waals surface area contributed by atoms with Gasteiger partial charge in [0.25, 0.3) is 11.8 Å². The van der Waals surface area contributed by atoms with E-state index in [4.69, 9.17) is 14.7 Å². The molecule has 1 aliphatic heterocycles. The van der Waals surface area contributed by atoms with Crippen LogP contribution < -0.4 is 10.6 Å². The van der Waals surface area contributed by atoms with Crippen molar-refractivity contribution in [2.45, 2.75) is 44.8 Å². The molecule has 2 N–H and O–H groups in total. The highest BCUT2D eigenvalue weighted by molar-refractivity contribution is 5.97. The Morgan fingerprint density at radius 1 is 1.00 bits per heavy atom. The number of benzene rings is 2. The molecule has 0 spiro atoms. The van der Waals surface area contributed by atoms with Crippen LogP contribution in [0.4, 0.5) is 0 Å². The average molecular weight is 535 g/mol. The zero-order valence-electron chi connectivity index (χ0n) is 22.1. The second kappa shape index (κ2) is 15.2. The minimum atomic E-state index is -0.793. The summed E-state index contributed by atoms with van der Waals surface area (Å²) in [6.45, 7) is 3.11. The summed E-state index contributed by atoms with van der Waals surface area (Å²) in [4.78, 5) is 51.9. The quantitative estimate of drug-likeness (QED) is 0.315. The van der Waals surface area contributed by atoms with Crippen molar-refractivity contribution in [3.63, 3.8) is 0 Å². The molecule has 1 saturated heterocycles. The number of hydrogen-bond acceptors (Lipinski definition) is 7. The molecule has 1 unspecified atom stereocenters. The number of esters is 1. The third kappa shape index (κ3) is 9.23. The molecule has 2 aromatic carbocycles. The first-order valence-electron chi connectivity index (χ1n) is 13.1. The van der Waals surface area contributed by atoms with Crippen LogP contribution in [-0.2, 0) is 19.1 Å². The summed E-state index contributed by atoms with van der Waals surface area (Å²) in [7, 11) is 0. The van der Waals surface area contributed by atoms with E-state index in [9.17, 15) is 19.2 Å². The van der Waals surface area contributed by atoms with E-state index in [0.717, 1.165) is 0 Å². The van der Waals surface area contributed by atoms with Crippen molar-refractivity contribution in [1.82, 2.24) is 15.5 Å². The molecule has 0 aromatic heterocycles. The molecule has 1 heterocycles. The van der Waals surface area contributed by atoms with Gasteiger partial charge in [-0.2, -0.15) is 5.26 Å². The van der Waals surface area contributed by atoms with Crippen LogP contribution in [0.25, 0.3) is 0 Å². The van der Waals surface area contributed by atoms with E-state index in [0.29, 0.717) is 68.6 Å². The highest BCUT2D eigenvalue weighted by Crippen LogP contribution is 2.16.